The van der Waals surface area contributed by atoms with Crippen LogP contribution < -0.4 is 5.73 Å². The van der Waals surface area contributed by atoms with Crippen molar-refractivity contribution in [1.82, 2.24) is 4.90 Å². The summed E-state index contributed by atoms with van der Waals surface area (Å²) in [4.78, 5) is 2.88. The highest BCUT2D eigenvalue weighted by atomic mass is 32.2. The Kier molecular flexibility index (Phi) is 3.83. The van der Waals surface area contributed by atoms with Gasteiger partial charge in [0, 0.05) is 31.1 Å². The average Bonchev–Trinajstić information content (AvgIpc) is 2.49. The molecule has 0 spiro atoms. The second kappa shape index (κ2) is 5.33. The van der Waals surface area contributed by atoms with Gasteiger partial charge < -0.3 is 5.73 Å². The summed E-state index contributed by atoms with van der Waals surface area (Å²) in [7, 11) is -3.15. The number of nitrogens with zero attached hydrogens (tertiary/aromatic N) is 1. The van der Waals surface area contributed by atoms with Crippen molar-refractivity contribution in [3.05, 3.63) is 29.8 Å². The molecule has 3 rings (SSSR count). The standard InChI is InChI=1S/C14H20N2O2S2/c15-11-14(16-6-8-19-9-7-16)5-10-20(17,18)13-4-2-1-3-12(13)14/h1-4H,5-11,15H2. The number of hydrogen-bond donors (Lipinski definition) is 1. The van der Waals surface area contributed by atoms with Gasteiger partial charge in [-0.1, -0.05) is 18.2 Å². The molecule has 2 N–H and O–H groups in total. The molecule has 2 aliphatic heterocycles. The van der Waals surface area contributed by atoms with Gasteiger partial charge in [0.2, 0.25) is 0 Å². The molecule has 1 aromatic rings. The summed E-state index contributed by atoms with van der Waals surface area (Å²) in [5, 5.41) is 0. The van der Waals surface area contributed by atoms with Gasteiger partial charge in [-0.15, -0.1) is 0 Å². The SMILES string of the molecule is NCC1(N2CCSCC2)CCS(=O)(=O)c2ccccc21. The molecule has 1 fully saturated rings. The first-order chi connectivity index (χ1) is 9.60. The molecule has 4 nitrogen and oxygen atoms in total. The van der Waals surface area contributed by atoms with Crippen LogP contribution in [0.5, 0.6) is 0 Å². The van der Waals surface area contributed by atoms with E-state index >= 15 is 0 Å². The number of benzene rings is 1. The Bertz CT molecular complexity index is 597. The minimum atomic E-state index is -3.15. The predicted molar refractivity (Wildman–Crippen MR) is 82.7 cm³/mol. The van der Waals surface area contributed by atoms with Crippen LogP contribution in [-0.4, -0.2) is 50.2 Å². The number of rotatable bonds is 2. The number of sulfone groups is 1. The lowest BCUT2D eigenvalue weighted by molar-refractivity contribution is 0.0952. The molecule has 0 aliphatic carbocycles. The molecule has 6 heteroatoms. The first kappa shape index (κ1) is 14.4. The molecule has 1 unspecified atom stereocenters. The highest BCUT2D eigenvalue weighted by Gasteiger charge is 2.45. The first-order valence-electron chi connectivity index (χ1n) is 6.95. The monoisotopic (exact) mass is 312 g/mol. The van der Waals surface area contributed by atoms with E-state index in [9.17, 15) is 8.42 Å². The minimum absolute atomic E-state index is 0.199. The van der Waals surface area contributed by atoms with Gasteiger partial charge in [-0.25, -0.2) is 8.42 Å². The normalized spacial score (nSPS) is 29.9. The predicted octanol–water partition coefficient (Wildman–Crippen LogP) is 1.07. The third-order valence-electron chi connectivity index (χ3n) is 4.46. The largest absolute Gasteiger partial charge is 0.328 e. The highest BCUT2D eigenvalue weighted by molar-refractivity contribution is 7.99. The molecule has 110 valence electrons. The first-order valence-corrected chi connectivity index (χ1v) is 9.76. The van der Waals surface area contributed by atoms with Gasteiger partial charge in [-0.05, 0) is 18.1 Å². The van der Waals surface area contributed by atoms with Crippen LogP contribution in [0.4, 0.5) is 0 Å². The maximum Gasteiger partial charge on any atom is 0.178 e. The molecule has 1 atom stereocenters. The summed E-state index contributed by atoms with van der Waals surface area (Å²) >= 11 is 1.95. The molecule has 0 saturated carbocycles. The van der Waals surface area contributed by atoms with Crippen LogP contribution in [0.1, 0.15) is 12.0 Å². The van der Waals surface area contributed by atoms with E-state index in [1.54, 1.807) is 12.1 Å². The zero-order valence-electron chi connectivity index (χ0n) is 11.4. The van der Waals surface area contributed by atoms with Crippen molar-refractivity contribution < 1.29 is 8.42 Å². The maximum absolute atomic E-state index is 12.3. The molecule has 0 amide bonds. The summed E-state index contributed by atoms with van der Waals surface area (Å²) in [5.74, 6) is 2.39. The lowest BCUT2D eigenvalue weighted by atomic mass is 9.84. The number of hydrogen-bond acceptors (Lipinski definition) is 5. The van der Waals surface area contributed by atoms with Crippen molar-refractivity contribution in [3.63, 3.8) is 0 Å². The number of thioether (sulfide) groups is 1. The Morgan fingerprint density at radius 2 is 1.95 bits per heavy atom. The van der Waals surface area contributed by atoms with Crippen molar-refractivity contribution in [3.8, 4) is 0 Å². The zero-order chi connectivity index (χ0) is 14.2. The quantitative estimate of drug-likeness (QED) is 0.885. The van der Waals surface area contributed by atoms with Crippen LogP contribution in [-0.2, 0) is 15.4 Å². The Morgan fingerprint density at radius 3 is 2.65 bits per heavy atom. The smallest absolute Gasteiger partial charge is 0.178 e. The van der Waals surface area contributed by atoms with Gasteiger partial charge in [0.15, 0.2) is 9.84 Å². The molecule has 0 aromatic heterocycles. The lowest BCUT2D eigenvalue weighted by Crippen LogP contribution is -2.56. The van der Waals surface area contributed by atoms with Crippen LogP contribution in [0, 0.1) is 0 Å². The number of fused-ring (bicyclic) bond motifs is 1. The van der Waals surface area contributed by atoms with E-state index in [0.717, 1.165) is 30.2 Å². The van der Waals surface area contributed by atoms with Gasteiger partial charge >= 0.3 is 0 Å². The van der Waals surface area contributed by atoms with E-state index in [0.29, 0.717) is 17.9 Å². The van der Waals surface area contributed by atoms with Gasteiger partial charge in [0.05, 0.1) is 16.2 Å². The molecule has 20 heavy (non-hydrogen) atoms. The fourth-order valence-corrected chi connectivity index (χ4v) is 5.94. The lowest BCUT2D eigenvalue weighted by Gasteiger charge is -2.48. The molecule has 1 saturated heterocycles. The van der Waals surface area contributed by atoms with Gasteiger partial charge in [0.1, 0.15) is 0 Å². The number of nitrogens with two attached hydrogens (primary N) is 1. The second-order valence-electron chi connectivity index (χ2n) is 5.40. The van der Waals surface area contributed by atoms with E-state index in [-0.39, 0.29) is 11.3 Å². The maximum atomic E-state index is 12.3. The van der Waals surface area contributed by atoms with E-state index in [4.69, 9.17) is 5.73 Å². The van der Waals surface area contributed by atoms with E-state index in [1.807, 2.05) is 23.9 Å². The van der Waals surface area contributed by atoms with Crippen LogP contribution in [0.15, 0.2) is 29.2 Å². The van der Waals surface area contributed by atoms with Crippen LogP contribution in [0.3, 0.4) is 0 Å². The summed E-state index contributed by atoms with van der Waals surface area (Å²) in [6, 6.07) is 7.39. The zero-order valence-corrected chi connectivity index (χ0v) is 13.0. The molecule has 0 bridgehead atoms. The van der Waals surface area contributed by atoms with E-state index in [1.165, 1.54) is 0 Å². The molecule has 0 radical (unpaired) electrons. The fourth-order valence-electron chi connectivity index (χ4n) is 3.33. The average molecular weight is 312 g/mol. The Morgan fingerprint density at radius 1 is 1.25 bits per heavy atom. The van der Waals surface area contributed by atoms with Gasteiger partial charge in [-0.2, -0.15) is 11.8 Å². The summed E-state index contributed by atoms with van der Waals surface area (Å²) in [5.41, 5.74) is 6.73. The van der Waals surface area contributed by atoms with E-state index in [2.05, 4.69) is 4.90 Å². The molecular weight excluding hydrogens is 292 g/mol. The minimum Gasteiger partial charge on any atom is -0.328 e. The molecule has 2 aliphatic rings. The third kappa shape index (κ3) is 2.19. The Hall–Kier alpha value is -0.560. The molecular formula is C14H20N2O2S2. The summed E-state index contributed by atoms with van der Waals surface area (Å²) in [6.07, 6.45) is 0.605. The van der Waals surface area contributed by atoms with Crippen molar-refractivity contribution >= 4 is 21.6 Å². The van der Waals surface area contributed by atoms with Crippen LogP contribution in [0.2, 0.25) is 0 Å². The van der Waals surface area contributed by atoms with Crippen LogP contribution >= 0.6 is 11.8 Å². The topological polar surface area (TPSA) is 63.4 Å². The third-order valence-corrected chi connectivity index (χ3v) is 7.17. The Balaban J connectivity index is 2.12. The van der Waals surface area contributed by atoms with Crippen molar-refractivity contribution in [2.24, 2.45) is 5.73 Å². The van der Waals surface area contributed by atoms with Crippen molar-refractivity contribution in [2.75, 3.05) is 36.9 Å². The van der Waals surface area contributed by atoms with Gasteiger partial charge in [0.25, 0.3) is 0 Å². The Labute approximate surface area is 124 Å². The second-order valence-corrected chi connectivity index (χ2v) is 8.70. The van der Waals surface area contributed by atoms with Gasteiger partial charge in [-0.3, -0.25) is 4.90 Å². The van der Waals surface area contributed by atoms with Crippen LogP contribution in [0.25, 0.3) is 0 Å². The van der Waals surface area contributed by atoms with Crippen molar-refractivity contribution in [2.45, 2.75) is 16.9 Å². The summed E-state index contributed by atoms with van der Waals surface area (Å²) in [6.45, 7) is 2.44. The highest BCUT2D eigenvalue weighted by Crippen LogP contribution is 2.41. The molecule has 1 aromatic carbocycles. The molecule has 2 heterocycles. The van der Waals surface area contributed by atoms with Crippen molar-refractivity contribution in [1.29, 1.82) is 0 Å². The fraction of sp³-hybridized carbons (Fsp3) is 0.571. The van der Waals surface area contributed by atoms with E-state index < -0.39 is 9.84 Å². The summed E-state index contributed by atoms with van der Waals surface area (Å²) < 4.78 is 24.6.